The molecular formula is C17H22O. The molecule has 18 heavy (non-hydrogen) atoms. The number of hydrogen-bond acceptors (Lipinski definition) is 1. The van der Waals surface area contributed by atoms with Crippen LogP contribution < -0.4 is 0 Å². The predicted octanol–water partition coefficient (Wildman–Crippen LogP) is 4.31. The van der Waals surface area contributed by atoms with Gasteiger partial charge < -0.3 is 0 Å². The number of carbonyl (C=O) groups is 1. The Morgan fingerprint density at radius 2 is 2.06 bits per heavy atom. The largest absolute Gasteiger partial charge is 0.294 e. The second kappa shape index (κ2) is 4.72. The zero-order valence-electron chi connectivity index (χ0n) is 11.8. The number of rotatable bonds is 2. The summed E-state index contributed by atoms with van der Waals surface area (Å²) >= 11 is 0. The molecule has 0 aromatic heterocycles. The van der Waals surface area contributed by atoms with E-state index in [1.807, 2.05) is 13.0 Å². The Morgan fingerprint density at radius 3 is 2.67 bits per heavy atom. The molecule has 1 aliphatic carbocycles. The van der Waals surface area contributed by atoms with Gasteiger partial charge in [0.25, 0.3) is 0 Å². The lowest BCUT2D eigenvalue weighted by atomic mass is 9.85. The van der Waals surface area contributed by atoms with E-state index in [0.29, 0.717) is 5.78 Å². The molecule has 0 N–H and O–H groups in total. The second-order valence-corrected chi connectivity index (χ2v) is 6.19. The highest BCUT2D eigenvalue weighted by molar-refractivity contribution is 6.02. The topological polar surface area (TPSA) is 17.1 Å². The number of carbonyl (C=O) groups excluding carboxylic acids is 1. The van der Waals surface area contributed by atoms with Crippen LogP contribution in [0.2, 0.25) is 0 Å². The van der Waals surface area contributed by atoms with Crippen LogP contribution in [0.5, 0.6) is 0 Å². The molecule has 0 aliphatic heterocycles. The van der Waals surface area contributed by atoms with Crippen LogP contribution in [0.3, 0.4) is 0 Å². The number of ketones is 1. The first-order chi connectivity index (χ1) is 8.43. The van der Waals surface area contributed by atoms with Crippen LogP contribution in [-0.2, 0) is 11.8 Å². The molecule has 0 amide bonds. The van der Waals surface area contributed by atoms with Crippen LogP contribution in [0, 0.1) is 5.92 Å². The first-order valence-corrected chi connectivity index (χ1v) is 6.72. The summed E-state index contributed by atoms with van der Waals surface area (Å²) in [4.78, 5) is 12.3. The first kappa shape index (κ1) is 13.1. The highest BCUT2D eigenvalue weighted by Gasteiger charge is 2.30. The van der Waals surface area contributed by atoms with Crippen molar-refractivity contribution in [3.63, 3.8) is 0 Å². The highest BCUT2D eigenvalue weighted by Crippen LogP contribution is 2.33. The SMILES string of the molecule is CC=CC[C@H]1Cc2ccc(C(C)(C)C)cc2C1=O. The van der Waals surface area contributed by atoms with Gasteiger partial charge in [-0.1, -0.05) is 45.1 Å². The van der Waals surface area contributed by atoms with Gasteiger partial charge in [0, 0.05) is 11.5 Å². The fraction of sp³-hybridized carbons (Fsp3) is 0.471. The van der Waals surface area contributed by atoms with E-state index in [2.05, 4.69) is 45.0 Å². The Balaban J connectivity index is 2.30. The van der Waals surface area contributed by atoms with E-state index in [4.69, 9.17) is 0 Å². The van der Waals surface area contributed by atoms with Crippen molar-refractivity contribution in [3.8, 4) is 0 Å². The van der Waals surface area contributed by atoms with Gasteiger partial charge in [-0.25, -0.2) is 0 Å². The molecular weight excluding hydrogens is 220 g/mol. The summed E-state index contributed by atoms with van der Waals surface area (Å²) in [5, 5.41) is 0. The van der Waals surface area contributed by atoms with Gasteiger partial charge in [-0.3, -0.25) is 4.79 Å². The summed E-state index contributed by atoms with van der Waals surface area (Å²) in [5.74, 6) is 0.487. The van der Waals surface area contributed by atoms with Crippen LogP contribution in [0.4, 0.5) is 0 Å². The van der Waals surface area contributed by atoms with Crippen molar-refractivity contribution in [1.82, 2.24) is 0 Å². The van der Waals surface area contributed by atoms with Gasteiger partial charge in [-0.15, -0.1) is 0 Å². The number of Topliss-reactive ketones (excluding diaryl/α,β-unsaturated/α-hetero) is 1. The lowest BCUT2D eigenvalue weighted by Crippen LogP contribution is -2.12. The molecule has 0 saturated heterocycles. The second-order valence-electron chi connectivity index (χ2n) is 6.19. The predicted molar refractivity (Wildman–Crippen MR) is 76.1 cm³/mol. The van der Waals surface area contributed by atoms with Crippen molar-refractivity contribution in [2.75, 3.05) is 0 Å². The van der Waals surface area contributed by atoms with Crippen LogP contribution in [-0.4, -0.2) is 5.78 Å². The molecule has 0 unspecified atom stereocenters. The molecule has 2 rings (SSSR count). The molecule has 1 aromatic rings. The average Bonchev–Trinajstić information content (AvgIpc) is 2.62. The van der Waals surface area contributed by atoms with Gasteiger partial charge in [-0.05, 0) is 42.4 Å². The minimum atomic E-state index is 0.108. The van der Waals surface area contributed by atoms with Gasteiger partial charge in [0.1, 0.15) is 0 Å². The van der Waals surface area contributed by atoms with E-state index >= 15 is 0 Å². The minimum absolute atomic E-state index is 0.108. The van der Waals surface area contributed by atoms with Crippen LogP contribution in [0.1, 0.15) is 55.6 Å². The van der Waals surface area contributed by atoms with Crippen molar-refractivity contribution >= 4 is 5.78 Å². The molecule has 1 heteroatoms. The Morgan fingerprint density at radius 1 is 1.33 bits per heavy atom. The van der Waals surface area contributed by atoms with Crippen molar-refractivity contribution in [2.24, 2.45) is 5.92 Å². The third-order valence-electron chi connectivity index (χ3n) is 3.73. The third kappa shape index (κ3) is 2.40. The zero-order valence-corrected chi connectivity index (χ0v) is 11.8. The summed E-state index contributed by atoms with van der Waals surface area (Å²) in [6.45, 7) is 8.56. The molecule has 0 spiro atoms. The monoisotopic (exact) mass is 242 g/mol. The minimum Gasteiger partial charge on any atom is -0.294 e. The van der Waals surface area contributed by atoms with Gasteiger partial charge >= 0.3 is 0 Å². The van der Waals surface area contributed by atoms with E-state index in [-0.39, 0.29) is 11.3 Å². The van der Waals surface area contributed by atoms with Crippen molar-refractivity contribution in [3.05, 3.63) is 47.0 Å². The maximum atomic E-state index is 12.3. The maximum absolute atomic E-state index is 12.3. The Hall–Kier alpha value is -1.37. The Labute approximate surface area is 110 Å². The first-order valence-electron chi connectivity index (χ1n) is 6.72. The van der Waals surface area contributed by atoms with E-state index in [1.54, 1.807) is 0 Å². The van der Waals surface area contributed by atoms with Crippen molar-refractivity contribution in [1.29, 1.82) is 0 Å². The van der Waals surface area contributed by atoms with Crippen LogP contribution >= 0.6 is 0 Å². The van der Waals surface area contributed by atoms with Gasteiger partial charge in [-0.2, -0.15) is 0 Å². The van der Waals surface area contributed by atoms with Gasteiger partial charge in [0.15, 0.2) is 5.78 Å². The molecule has 0 heterocycles. The molecule has 0 saturated carbocycles. The van der Waals surface area contributed by atoms with E-state index in [0.717, 1.165) is 18.4 Å². The molecule has 0 bridgehead atoms. The number of fused-ring (bicyclic) bond motifs is 1. The quantitative estimate of drug-likeness (QED) is 0.706. The molecule has 1 aromatic carbocycles. The molecule has 1 aliphatic rings. The molecule has 1 nitrogen and oxygen atoms in total. The zero-order chi connectivity index (χ0) is 13.3. The van der Waals surface area contributed by atoms with E-state index in [1.165, 1.54) is 11.1 Å². The summed E-state index contributed by atoms with van der Waals surface area (Å²) in [6, 6.07) is 6.42. The van der Waals surface area contributed by atoms with E-state index < -0.39 is 0 Å². The molecule has 0 radical (unpaired) electrons. The highest BCUT2D eigenvalue weighted by atomic mass is 16.1. The average molecular weight is 242 g/mol. The summed E-state index contributed by atoms with van der Waals surface area (Å²) in [7, 11) is 0. The summed E-state index contributed by atoms with van der Waals surface area (Å²) in [5.41, 5.74) is 3.54. The summed E-state index contributed by atoms with van der Waals surface area (Å²) < 4.78 is 0. The normalized spacial score (nSPS) is 19.6. The number of hydrogen-bond donors (Lipinski definition) is 0. The fourth-order valence-corrected chi connectivity index (χ4v) is 2.52. The maximum Gasteiger partial charge on any atom is 0.166 e. The number of allylic oxidation sites excluding steroid dienone is 2. The van der Waals surface area contributed by atoms with Crippen molar-refractivity contribution in [2.45, 2.75) is 46.0 Å². The lowest BCUT2D eigenvalue weighted by molar-refractivity contribution is 0.0938. The Bertz CT molecular complexity index is 489. The van der Waals surface area contributed by atoms with Crippen LogP contribution in [0.15, 0.2) is 30.4 Å². The molecule has 96 valence electrons. The van der Waals surface area contributed by atoms with Gasteiger partial charge in [0.2, 0.25) is 0 Å². The molecule has 1 atom stereocenters. The lowest BCUT2D eigenvalue weighted by Gasteiger charge is -2.19. The number of benzene rings is 1. The van der Waals surface area contributed by atoms with Gasteiger partial charge in [0.05, 0.1) is 0 Å². The molecule has 0 fully saturated rings. The fourth-order valence-electron chi connectivity index (χ4n) is 2.52. The smallest absolute Gasteiger partial charge is 0.166 e. The Kier molecular flexibility index (Phi) is 3.43. The summed E-state index contributed by atoms with van der Waals surface area (Å²) in [6.07, 6.45) is 5.90. The van der Waals surface area contributed by atoms with Crippen molar-refractivity contribution < 1.29 is 4.79 Å². The van der Waals surface area contributed by atoms with Crippen LogP contribution in [0.25, 0.3) is 0 Å². The van der Waals surface area contributed by atoms with E-state index in [9.17, 15) is 4.79 Å². The standard InChI is InChI=1S/C17H22O/c1-5-6-7-13-10-12-8-9-14(17(2,3)4)11-15(12)16(13)18/h5-6,8-9,11,13H,7,10H2,1-4H3/t13-/m0/s1. The third-order valence-corrected chi connectivity index (χ3v) is 3.73.